The number of aliphatic hydroxyl groups is 1. The Balaban J connectivity index is 2.00. The number of fused-ring (bicyclic) bond motifs is 1. The molecule has 6 atom stereocenters. The van der Waals surface area contributed by atoms with E-state index in [0.29, 0.717) is 19.4 Å². The molecule has 152 valence electrons. The molecule has 0 aromatic carbocycles. The lowest BCUT2D eigenvalue weighted by atomic mass is 9.66. The zero-order valence-corrected chi connectivity index (χ0v) is 17.3. The highest BCUT2D eigenvalue weighted by molar-refractivity contribution is 8.02. The van der Waals surface area contributed by atoms with E-state index < -0.39 is 16.7 Å². The summed E-state index contributed by atoms with van der Waals surface area (Å²) in [5, 5.41) is 14.9. The smallest absolute Gasteiger partial charge is 0.244 e. The van der Waals surface area contributed by atoms with Gasteiger partial charge in [-0.05, 0) is 39.0 Å². The monoisotopic (exact) mass is 397 g/mol. The number of thioether (sulfide) groups is 1. The molecule has 3 unspecified atom stereocenters. The van der Waals surface area contributed by atoms with Gasteiger partial charge in [0.1, 0.15) is 6.04 Å². The summed E-state index contributed by atoms with van der Waals surface area (Å²) in [6.45, 7) is 6.44. The van der Waals surface area contributed by atoms with E-state index in [4.69, 9.17) is 5.11 Å². The molecule has 0 saturated carbocycles. The van der Waals surface area contributed by atoms with Crippen molar-refractivity contribution in [2.45, 2.75) is 62.1 Å². The van der Waals surface area contributed by atoms with Crippen molar-refractivity contribution < 1.29 is 19.5 Å². The molecule has 1 spiro atoms. The molecule has 8 heteroatoms. The van der Waals surface area contributed by atoms with Crippen LogP contribution in [0.1, 0.15) is 40.0 Å². The normalized spacial score (nSPS) is 37.0. The molecule has 0 aliphatic carbocycles. The van der Waals surface area contributed by atoms with Crippen LogP contribution in [0.2, 0.25) is 0 Å². The fraction of sp³-hybridized carbons (Fsp3) is 0.842. The van der Waals surface area contributed by atoms with Gasteiger partial charge in [-0.15, -0.1) is 11.8 Å². The number of nitrogens with zero attached hydrogens (tertiary/aromatic N) is 1. The summed E-state index contributed by atoms with van der Waals surface area (Å²) >= 11 is 1.69. The molecular formula is C19H31N3O4S. The summed E-state index contributed by atoms with van der Waals surface area (Å²) < 4.78 is -0.545. The second-order valence-corrected chi connectivity index (χ2v) is 9.84. The number of hydrogen-bond acceptors (Lipinski definition) is 5. The van der Waals surface area contributed by atoms with Crippen LogP contribution in [0.15, 0.2) is 0 Å². The summed E-state index contributed by atoms with van der Waals surface area (Å²) in [5.41, 5.74) is 0. The SMILES string of the molecule is CNC(=O)[C@@H]1[C@@H]2CC(C)C3(S2)C(C(=O)NC(C)C)N(CCCCO)C(=O)[C@H]13. The van der Waals surface area contributed by atoms with Gasteiger partial charge < -0.3 is 20.6 Å². The second-order valence-electron chi connectivity index (χ2n) is 8.29. The minimum absolute atomic E-state index is 0.0176. The van der Waals surface area contributed by atoms with Gasteiger partial charge >= 0.3 is 0 Å². The molecule has 3 heterocycles. The van der Waals surface area contributed by atoms with Gasteiger partial charge in [0.25, 0.3) is 0 Å². The Morgan fingerprint density at radius 1 is 1.33 bits per heavy atom. The molecule has 3 aliphatic heterocycles. The highest BCUT2D eigenvalue weighted by Gasteiger charge is 2.75. The predicted octanol–water partition coefficient (Wildman–Crippen LogP) is 0.367. The minimum atomic E-state index is -0.559. The summed E-state index contributed by atoms with van der Waals surface area (Å²) in [7, 11) is 1.61. The van der Waals surface area contributed by atoms with Crippen LogP contribution in [-0.4, -0.2) is 70.0 Å². The molecule has 2 bridgehead atoms. The number of aliphatic hydroxyl groups excluding tert-OH is 1. The topological polar surface area (TPSA) is 98.7 Å². The molecule has 0 aromatic rings. The maximum atomic E-state index is 13.4. The summed E-state index contributed by atoms with van der Waals surface area (Å²) in [5.74, 6) is -0.934. The molecular weight excluding hydrogens is 366 g/mol. The first-order valence-electron chi connectivity index (χ1n) is 9.90. The molecule has 0 aromatic heterocycles. The van der Waals surface area contributed by atoms with E-state index >= 15 is 0 Å². The number of unbranched alkanes of at least 4 members (excludes halogenated alkanes) is 1. The fourth-order valence-corrected chi connectivity index (χ4v) is 7.71. The number of hydrogen-bond donors (Lipinski definition) is 3. The van der Waals surface area contributed by atoms with Crippen LogP contribution in [0.5, 0.6) is 0 Å². The molecule has 0 radical (unpaired) electrons. The molecule has 3 aliphatic rings. The molecule has 7 nitrogen and oxygen atoms in total. The van der Waals surface area contributed by atoms with Crippen molar-refractivity contribution in [3.05, 3.63) is 0 Å². The Morgan fingerprint density at radius 2 is 2.04 bits per heavy atom. The third-order valence-electron chi connectivity index (χ3n) is 6.28. The first-order chi connectivity index (χ1) is 12.8. The molecule has 3 N–H and O–H groups in total. The van der Waals surface area contributed by atoms with Crippen molar-refractivity contribution in [3.8, 4) is 0 Å². The van der Waals surface area contributed by atoms with Crippen molar-refractivity contribution in [1.29, 1.82) is 0 Å². The fourth-order valence-electron chi connectivity index (χ4n) is 5.28. The van der Waals surface area contributed by atoms with Crippen LogP contribution >= 0.6 is 11.8 Å². The van der Waals surface area contributed by atoms with Gasteiger partial charge in [0.05, 0.1) is 16.6 Å². The minimum Gasteiger partial charge on any atom is -0.396 e. The van der Waals surface area contributed by atoms with Gasteiger partial charge in [0.2, 0.25) is 17.7 Å². The molecule has 27 heavy (non-hydrogen) atoms. The van der Waals surface area contributed by atoms with Gasteiger partial charge in [-0.1, -0.05) is 6.92 Å². The van der Waals surface area contributed by atoms with E-state index in [1.165, 1.54) is 0 Å². The average Bonchev–Trinajstić information content (AvgIpc) is 3.18. The van der Waals surface area contributed by atoms with E-state index in [9.17, 15) is 14.4 Å². The number of amides is 3. The van der Waals surface area contributed by atoms with Crippen molar-refractivity contribution in [1.82, 2.24) is 15.5 Å². The van der Waals surface area contributed by atoms with Gasteiger partial charge in [-0.3, -0.25) is 14.4 Å². The summed E-state index contributed by atoms with van der Waals surface area (Å²) in [4.78, 5) is 40.9. The average molecular weight is 398 g/mol. The standard InChI is InChI=1S/C19H31N3O4S/c1-10(2)21-17(25)15-19-11(3)9-12(27-19)13(16(24)20-4)14(19)18(26)22(15)7-5-6-8-23/h10-15,23H,5-9H2,1-4H3,(H,20,24)(H,21,25)/t11?,12-,13+,14-,15?,19?/m0/s1. The predicted molar refractivity (Wildman–Crippen MR) is 104 cm³/mol. The summed E-state index contributed by atoms with van der Waals surface area (Å²) in [6.07, 6.45) is 2.08. The largest absolute Gasteiger partial charge is 0.396 e. The third kappa shape index (κ3) is 3.05. The molecule has 3 fully saturated rings. The number of carbonyl (C=O) groups excluding carboxylic acids is 3. The number of rotatable bonds is 7. The Morgan fingerprint density at radius 3 is 2.63 bits per heavy atom. The van der Waals surface area contributed by atoms with E-state index in [2.05, 4.69) is 17.6 Å². The molecule has 3 amide bonds. The van der Waals surface area contributed by atoms with Crippen LogP contribution in [0.3, 0.4) is 0 Å². The number of nitrogens with one attached hydrogen (secondary N) is 2. The first-order valence-corrected chi connectivity index (χ1v) is 10.8. The van der Waals surface area contributed by atoms with Crippen molar-refractivity contribution >= 4 is 29.5 Å². The van der Waals surface area contributed by atoms with Crippen LogP contribution in [-0.2, 0) is 14.4 Å². The lowest BCUT2D eigenvalue weighted by Gasteiger charge is -2.38. The van der Waals surface area contributed by atoms with Crippen LogP contribution in [0.25, 0.3) is 0 Å². The van der Waals surface area contributed by atoms with Gasteiger partial charge in [-0.25, -0.2) is 0 Å². The van der Waals surface area contributed by atoms with E-state index in [1.807, 2.05) is 13.8 Å². The van der Waals surface area contributed by atoms with E-state index in [1.54, 1.807) is 23.7 Å². The Hall–Kier alpha value is -1.28. The van der Waals surface area contributed by atoms with Crippen molar-refractivity contribution in [2.24, 2.45) is 17.8 Å². The Labute approximate surface area is 165 Å². The van der Waals surface area contributed by atoms with Crippen LogP contribution in [0.4, 0.5) is 0 Å². The zero-order chi connectivity index (χ0) is 19.9. The molecule has 3 saturated heterocycles. The van der Waals surface area contributed by atoms with Gasteiger partial charge in [-0.2, -0.15) is 0 Å². The highest BCUT2D eigenvalue weighted by atomic mass is 32.2. The molecule has 3 rings (SSSR count). The van der Waals surface area contributed by atoms with Crippen LogP contribution in [0, 0.1) is 17.8 Å². The Kier molecular flexibility index (Phi) is 5.77. The lowest BCUT2D eigenvalue weighted by Crippen LogP contribution is -2.57. The lowest BCUT2D eigenvalue weighted by molar-refractivity contribution is -0.140. The third-order valence-corrected chi connectivity index (χ3v) is 8.36. The van der Waals surface area contributed by atoms with Crippen LogP contribution < -0.4 is 10.6 Å². The van der Waals surface area contributed by atoms with E-state index in [-0.39, 0.29) is 47.5 Å². The van der Waals surface area contributed by atoms with Gasteiger partial charge in [0, 0.05) is 31.5 Å². The maximum absolute atomic E-state index is 13.4. The van der Waals surface area contributed by atoms with Gasteiger partial charge in [0.15, 0.2) is 0 Å². The summed E-state index contributed by atoms with van der Waals surface area (Å²) in [6, 6.07) is -0.577. The highest BCUT2D eigenvalue weighted by Crippen LogP contribution is 2.68. The second kappa shape index (κ2) is 7.62. The number of carbonyl (C=O) groups is 3. The Bertz CT molecular complexity index is 628. The zero-order valence-electron chi connectivity index (χ0n) is 16.5. The van der Waals surface area contributed by atoms with Crippen molar-refractivity contribution in [2.75, 3.05) is 20.2 Å². The van der Waals surface area contributed by atoms with E-state index in [0.717, 1.165) is 6.42 Å². The quantitative estimate of drug-likeness (QED) is 0.539. The van der Waals surface area contributed by atoms with Crippen molar-refractivity contribution in [3.63, 3.8) is 0 Å². The number of likely N-dealkylation sites (tertiary alicyclic amines) is 1. The first kappa shape index (κ1) is 20.5. The maximum Gasteiger partial charge on any atom is 0.244 e.